The Balaban J connectivity index is 1.59. The van der Waals surface area contributed by atoms with E-state index in [1.54, 1.807) is 6.33 Å². The van der Waals surface area contributed by atoms with Gasteiger partial charge in [0.25, 0.3) is 11.6 Å². The number of nitrogens with one attached hydrogen (secondary N) is 2. The third-order valence-electron chi connectivity index (χ3n) is 4.88. The highest BCUT2D eigenvalue weighted by Gasteiger charge is 2.27. The van der Waals surface area contributed by atoms with Crippen LogP contribution in [-0.2, 0) is 11.2 Å². The molecule has 1 aromatic heterocycles. The zero-order chi connectivity index (χ0) is 21.8. The highest BCUT2D eigenvalue weighted by Crippen LogP contribution is 2.35. The number of aromatic nitrogens is 3. The van der Waals surface area contributed by atoms with Gasteiger partial charge in [-0.3, -0.25) is 19.7 Å². The minimum Gasteiger partial charge on any atom is -0.354 e. The zero-order valence-corrected chi connectivity index (χ0v) is 17.4. The Kier molecular flexibility index (Phi) is 6.66. The second-order valence-corrected chi connectivity index (χ2v) is 7.95. The first kappa shape index (κ1) is 21.7. The van der Waals surface area contributed by atoms with Crippen molar-refractivity contribution in [2.45, 2.75) is 45.2 Å². The van der Waals surface area contributed by atoms with Gasteiger partial charge in [0, 0.05) is 31.1 Å². The van der Waals surface area contributed by atoms with Crippen LogP contribution >= 0.6 is 11.6 Å². The van der Waals surface area contributed by atoms with Gasteiger partial charge in [-0.2, -0.15) is 0 Å². The third-order valence-corrected chi connectivity index (χ3v) is 5.19. The van der Waals surface area contributed by atoms with Crippen LogP contribution < -0.4 is 10.6 Å². The molecule has 160 valence electrons. The molecule has 0 aliphatic heterocycles. The lowest BCUT2D eigenvalue weighted by molar-refractivity contribution is -0.384. The van der Waals surface area contributed by atoms with Crippen LogP contribution in [0.3, 0.4) is 0 Å². The molecule has 1 unspecified atom stereocenters. The van der Waals surface area contributed by atoms with Gasteiger partial charge in [-0.05, 0) is 24.8 Å². The number of nitro groups is 1. The van der Waals surface area contributed by atoms with Crippen LogP contribution in [0.25, 0.3) is 0 Å². The van der Waals surface area contributed by atoms with E-state index >= 15 is 0 Å². The SMILES string of the molecule is CC(C)C(NC(=O)c1ccc([N+](=O)[O-])cc1Cl)C(=O)NCCc1nncn1C1CC1. The van der Waals surface area contributed by atoms with Crippen LogP contribution in [0.15, 0.2) is 24.5 Å². The van der Waals surface area contributed by atoms with E-state index < -0.39 is 16.9 Å². The Labute approximate surface area is 178 Å². The molecule has 0 saturated heterocycles. The van der Waals surface area contributed by atoms with Crippen LogP contribution in [0.1, 0.15) is 48.9 Å². The van der Waals surface area contributed by atoms with Crippen molar-refractivity contribution in [2.75, 3.05) is 6.54 Å². The van der Waals surface area contributed by atoms with E-state index in [-0.39, 0.29) is 28.1 Å². The summed E-state index contributed by atoms with van der Waals surface area (Å²) < 4.78 is 2.03. The maximum absolute atomic E-state index is 12.6. The number of hydrogen-bond donors (Lipinski definition) is 2. The fraction of sp³-hybridized carbons (Fsp3) is 0.474. The summed E-state index contributed by atoms with van der Waals surface area (Å²) in [6, 6.07) is 3.25. The summed E-state index contributed by atoms with van der Waals surface area (Å²) in [5.74, 6) is -0.257. The van der Waals surface area contributed by atoms with Gasteiger partial charge < -0.3 is 15.2 Å². The summed E-state index contributed by atoms with van der Waals surface area (Å²) in [5.41, 5.74) is -0.146. The Bertz CT molecular complexity index is 956. The van der Waals surface area contributed by atoms with Gasteiger partial charge in [-0.1, -0.05) is 25.4 Å². The molecule has 1 aromatic carbocycles. The van der Waals surface area contributed by atoms with Crippen molar-refractivity contribution >= 4 is 29.1 Å². The van der Waals surface area contributed by atoms with Gasteiger partial charge in [-0.15, -0.1) is 10.2 Å². The van der Waals surface area contributed by atoms with Gasteiger partial charge in [0.1, 0.15) is 18.2 Å². The number of nitrogens with zero attached hydrogens (tertiary/aromatic N) is 4. The first-order valence-corrected chi connectivity index (χ1v) is 10.1. The predicted octanol–water partition coefficient (Wildman–Crippen LogP) is 2.29. The number of amides is 2. The maximum Gasteiger partial charge on any atom is 0.270 e. The highest BCUT2D eigenvalue weighted by molar-refractivity contribution is 6.34. The second kappa shape index (κ2) is 9.21. The van der Waals surface area contributed by atoms with Crippen LogP contribution in [0.4, 0.5) is 5.69 Å². The number of halogens is 1. The molecule has 10 nitrogen and oxygen atoms in total. The van der Waals surface area contributed by atoms with Gasteiger partial charge in [0.05, 0.1) is 15.5 Å². The van der Waals surface area contributed by atoms with Crippen molar-refractivity contribution in [1.29, 1.82) is 0 Å². The van der Waals surface area contributed by atoms with Gasteiger partial charge in [-0.25, -0.2) is 0 Å². The summed E-state index contributed by atoms with van der Waals surface area (Å²) >= 11 is 6.02. The standard InChI is InChI=1S/C19H23ClN6O4/c1-11(2)17(23-18(27)14-6-5-13(26(29)30)9-15(14)20)19(28)21-8-7-16-24-22-10-25(16)12-3-4-12/h5-6,9-12,17H,3-4,7-8H2,1-2H3,(H,21,28)(H,23,27). The monoisotopic (exact) mass is 434 g/mol. The van der Waals surface area contributed by atoms with E-state index in [4.69, 9.17) is 11.6 Å². The van der Waals surface area contributed by atoms with Crippen molar-refractivity contribution in [3.63, 3.8) is 0 Å². The van der Waals surface area contributed by atoms with E-state index in [1.807, 2.05) is 18.4 Å². The molecule has 3 rings (SSSR count). The molecule has 0 bridgehead atoms. The Morgan fingerprint density at radius 1 is 1.37 bits per heavy atom. The quantitative estimate of drug-likeness (QED) is 0.459. The smallest absolute Gasteiger partial charge is 0.270 e. The molecule has 0 spiro atoms. The Hall–Kier alpha value is -3.01. The highest BCUT2D eigenvalue weighted by atomic mass is 35.5. The molecule has 2 N–H and O–H groups in total. The summed E-state index contributed by atoms with van der Waals surface area (Å²) in [6.07, 6.45) is 4.48. The molecule has 1 atom stereocenters. The largest absolute Gasteiger partial charge is 0.354 e. The van der Waals surface area contributed by atoms with E-state index in [0.29, 0.717) is 19.0 Å². The minimum atomic E-state index is -0.787. The number of nitro benzene ring substituents is 1. The normalized spacial score (nSPS) is 14.4. The molecular weight excluding hydrogens is 412 g/mol. The summed E-state index contributed by atoms with van der Waals surface area (Å²) in [4.78, 5) is 35.5. The van der Waals surface area contributed by atoms with Crippen molar-refractivity contribution < 1.29 is 14.5 Å². The van der Waals surface area contributed by atoms with Crippen LogP contribution in [-0.4, -0.2) is 44.1 Å². The fourth-order valence-electron chi connectivity index (χ4n) is 3.07. The number of non-ortho nitro benzene ring substituents is 1. The van der Waals surface area contributed by atoms with Gasteiger partial charge in [0.15, 0.2) is 0 Å². The van der Waals surface area contributed by atoms with Crippen molar-refractivity contribution in [3.8, 4) is 0 Å². The van der Waals surface area contributed by atoms with E-state index in [9.17, 15) is 19.7 Å². The van der Waals surface area contributed by atoms with E-state index in [2.05, 4.69) is 20.8 Å². The number of carbonyl (C=O) groups excluding carboxylic acids is 2. The lowest BCUT2D eigenvalue weighted by Crippen LogP contribution is -2.50. The first-order chi connectivity index (χ1) is 14.3. The molecular formula is C19H23ClN6O4. The van der Waals surface area contributed by atoms with E-state index in [1.165, 1.54) is 12.1 Å². The van der Waals surface area contributed by atoms with Crippen molar-refractivity contribution in [1.82, 2.24) is 25.4 Å². The lowest BCUT2D eigenvalue weighted by Gasteiger charge is -2.22. The molecule has 2 aromatic rings. The lowest BCUT2D eigenvalue weighted by atomic mass is 10.0. The molecule has 1 aliphatic carbocycles. The number of rotatable bonds is 9. The minimum absolute atomic E-state index is 0.0518. The molecule has 1 fully saturated rings. The number of carbonyl (C=O) groups is 2. The molecule has 1 heterocycles. The first-order valence-electron chi connectivity index (χ1n) is 9.68. The molecule has 1 aliphatic rings. The maximum atomic E-state index is 12.6. The molecule has 11 heteroatoms. The average molecular weight is 435 g/mol. The summed E-state index contributed by atoms with van der Waals surface area (Å²) in [7, 11) is 0. The third kappa shape index (κ3) is 5.12. The summed E-state index contributed by atoms with van der Waals surface area (Å²) in [5, 5.41) is 24.3. The van der Waals surface area contributed by atoms with Crippen molar-refractivity contribution in [3.05, 3.63) is 51.1 Å². The predicted molar refractivity (Wildman–Crippen MR) is 109 cm³/mol. The Morgan fingerprint density at radius 2 is 2.10 bits per heavy atom. The molecule has 2 amide bonds. The molecule has 1 saturated carbocycles. The average Bonchev–Trinajstić information content (AvgIpc) is 3.43. The van der Waals surface area contributed by atoms with Crippen molar-refractivity contribution in [2.24, 2.45) is 5.92 Å². The summed E-state index contributed by atoms with van der Waals surface area (Å²) in [6.45, 7) is 3.99. The number of benzene rings is 1. The van der Waals surface area contributed by atoms with Crippen LogP contribution in [0, 0.1) is 16.0 Å². The second-order valence-electron chi connectivity index (χ2n) is 7.54. The van der Waals surface area contributed by atoms with Crippen LogP contribution in [0.2, 0.25) is 5.02 Å². The molecule has 0 radical (unpaired) electrons. The van der Waals surface area contributed by atoms with Crippen LogP contribution in [0.5, 0.6) is 0 Å². The number of hydrogen-bond acceptors (Lipinski definition) is 6. The zero-order valence-electron chi connectivity index (χ0n) is 16.7. The Morgan fingerprint density at radius 3 is 2.70 bits per heavy atom. The topological polar surface area (TPSA) is 132 Å². The fourth-order valence-corrected chi connectivity index (χ4v) is 3.33. The molecule has 30 heavy (non-hydrogen) atoms. The van der Waals surface area contributed by atoms with Gasteiger partial charge >= 0.3 is 0 Å². The van der Waals surface area contributed by atoms with Gasteiger partial charge in [0.2, 0.25) is 5.91 Å². The van der Waals surface area contributed by atoms with E-state index in [0.717, 1.165) is 24.7 Å².